The van der Waals surface area contributed by atoms with E-state index in [-0.39, 0.29) is 0 Å². The Balaban J connectivity index is 2.02. The summed E-state index contributed by atoms with van der Waals surface area (Å²) >= 11 is 0. The standard InChI is InChI=1S/C16H23N3O2/c1-4-10-17-13(5-2)11-15-18-16(19-21-15)12-6-8-14(20-3)9-7-12/h6-9,13,17H,4-5,10-11H2,1-3H3. The lowest BCUT2D eigenvalue weighted by atomic mass is 10.1. The average Bonchev–Trinajstić information content (AvgIpc) is 3.00. The molecule has 0 aliphatic rings. The van der Waals surface area contributed by atoms with Crippen molar-refractivity contribution in [1.82, 2.24) is 15.5 Å². The zero-order valence-corrected chi connectivity index (χ0v) is 12.9. The molecule has 1 aromatic heterocycles. The Kier molecular flexibility index (Phi) is 5.75. The lowest BCUT2D eigenvalue weighted by molar-refractivity contribution is 0.354. The highest BCUT2D eigenvalue weighted by molar-refractivity contribution is 5.55. The Hall–Kier alpha value is -1.88. The van der Waals surface area contributed by atoms with Crippen molar-refractivity contribution in [3.8, 4) is 17.1 Å². The normalized spacial score (nSPS) is 12.3. The third kappa shape index (κ3) is 4.29. The molecule has 0 saturated carbocycles. The van der Waals surface area contributed by atoms with Gasteiger partial charge >= 0.3 is 0 Å². The highest BCUT2D eigenvalue weighted by Crippen LogP contribution is 2.20. The van der Waals surface area contributed by atoms with E-state index in [9.17, 15) is 0 Å². The summed E-state index contributed by atoms with van der Waals surface area (Å²) < 4.78 is 10.5. The number of nitrogens with zero attached hydrogens (tertiary/aromatic N) is 2. The van der Waals surface area contributed by atoms with E-state index in [1.165, 1.54) is 0 Å². The molecule has 0 bridgehead atoms. The van der Waals surface area contributed by atoms with Crippen molar-refractivity contribution in [2.24, 2.45) is 0 Å². The minimum atomic E-state index is 0.383. The van der Waals surface area contributed by atoms with Crippen LogP contribution < -0.4 is 10.1 Å². The molecule has 1 aromatic carbocycles. The molecule has 1 atom stereocenters. The molecule has 0 fully saturated rings. The quantitative estimate of drug-likeness (QED) is 0.809. The van der Waals surface area contributed by atoms with Crippen molar-refractivity contribution < 1.29 is 9.26 Å². The van der Waals surface area contributed by atoms with Crippen LogP contribution in [0.1, 0.15) is 32.6 Å². The molecule has 1 heterocycles. The molecule has 5 heteroatoms. The van der Waals surface area contributed by atoms with Crippen LogP contribution in [0.3, 0.4) is 0 Å². The van der Waals surface area contributed by atoms with Gasteiger partial charge in [-0.15, -0.1) is 0 Å². The monoisotopic (exact) mass is 289 g/mol. The molecule has 2 aromatic rings. The van der Waals surface area contributed by atoms with E-state index < -0.39 is 0 Å². The van der Waals surface area contributed by atoms with Gasteiger partial charge < -0.3 is 14.6 Å². The van der Waals surface area contributed by atoms with Crippen molar-refractivity contribution in [2.45, 2.75) is 39.2 Å². The Labute approximate surface area is 125 Å². The summed E-state index contributed by atoms with van der Waals surface area (Å²) in [5.74, 6) is 2.12. The van der Waals surface area contributed by atoms with Crippen LogP contribution in [0.15, 0.2) is 28.8 Å². The first-order valence-corrected chi connectivity index (χ1v) is 7.47. The zero-order valence-electron chi connectivity index (χ0n) is 12.9. The average molecular weight is 289 g/mol. The van der Waals surface area contributed by atoms with Crippen molar-refractivity contribution in [2.75, 3.05) is 13.7 Å². The summed E-state index contributed by atoms with van der Waals surface area (Å²) in [5.41, 5.74) is 0.931. The lowest BCUT2D eigenvalue weighted by Gasteiger charge is -2.13. The second kappa shape index (κ2) is 7.78. The highest BCUT2D eigenvalue weighted by atomic mass is 16.5. The zero-order chi connectivity index (χ0) is 15.1. The van der Waals surface area contributed by atoms with Gasteiger partial charge in [0.2, 0.25) is 11.7 Å². The SMILES string of the molecule is CCCNC(CC)Cc1nc(-c2ccc(OC)cc2)no1. The van der Waals surface area contributed by atoms with E-state index >= 15 is 0 Å². The number of rotatable bonds is 8. The van der Waals surface area contributed by atoms with Crippen molar-refractivity contribution in [1.29, 1.82) is 0 Å². The maximum Gasteiger partial charge on any atom is 0.228 e. The van der Waals surface area contributed by atoms with Crippen LogP contribution in [0, 0.1) is 0 Å². The molecule has 2 rings (SSSR count). The summed E-state index contributed by atoms with van der Waals surface area (Å²) in [5, 5.41) is 7.54. The van der Waals surface area contributed by atoms with Crippen LogP contribution in [0.25, 0.3) is 11.4 Å². The fourth-order valence-corrected chi connectivity index (χ4v) is 2.12. The number of nitrogens with one attached hydrogen (secondary N) is 1. The topological polar surface area (TPSA) is 60.2 Å². The predicted molar refractivity (Wildman–Crippen MR) is 82.4 cm³/mol. The smallest absolute Gasteiger partial charge is 0.228 e. The Morgan fingerprint density at radius 1 is 1.24 bits per heavy atom. The molecule has 1 N–H and O–H groups in total. The molecule has 0 aliphatic carbocycles. The molecule has 21 heavy (non-hydrogen) atoms. The summed E-state index contributed by atoms with van der Waals surface area (Å²) in [4.78, 5) is 4.47. The summed E-state index contributed by atoms with van der Waals surface area (Å²) in [7, 11) is 1.65. The van der Waals surface area contributed by atoms with E-state index in [4.69, 9.17) is 9.26 Å². The van der Waals surface area contributed by atoms with E-state index in [2.05, 4.69) is 29.3 Å². The molecule has 0 radical (unpaired) electrons. The van der Waals surface area contributed by atoms with Crippen LogP contribution in [-0.2, 0) is 6.42 Å². The van der Waals surface area contributed by atoms with Gasteiger partial charge in [-0.2, -0.15) is 4.98 Å². The molecular weight excluding hydrogens is 266 g/mol. The Morgan fingerprint density at radius 3 is 2.62 bits per heavy atom. The highest BCUT2D eigenvalue weighted by Gasteiger charge is 2.13. The van der Waals surface area contributed by atoms with Crippen molar-refractivity contribution in [3.63, 3.8) is 0 Å². The van der Waals surface area contributed by atoms with Gasteiger partial charge in [-0.05, 0) is 43.7 Å². The fourth-order valence-electron chi connectivity index (χ4n) is 2.12. The van der Waals surface area contributed by atoms with Gasteiger partial charge in [0.15, 0.2) is 0 Å². The Morgan fingerprint density at radius 2 is 2.00 bits per heavy atom. The van der Waals surface area contributed by atoms with Crippen LogP contribution in [0.4, 0.5) is 0 Å². The minimum Gasteiger partial charge on any atom is -0.497 e. The van der Waals surface area contributed by atoms with E-state index in [0.717, 1.165) is 37.1 Å². The molecule has 0 amide bonds. The number of hydrogen-bond donors (Lipinski definition) is 1. The van der Waals surface area contributed by atoms with Crippen LogP contribution in [0.2, 0.25) is 0 Å². The lowest BCUT2D eigenvalue weighted by Crippen LogP contribution is -2.31. The number of benzene rings is 1. The van der Waals surface area contributed by atoms with Gasteiger partial charge in [-0.25, -0.2) is 0 Å². The summed E-state index contributed by atoms with van der Waals surface area (Å²) in [6.45, 7) is 5.33. The molecule has 114 valence electrons. The number of aromatic nitrogens is 2. The van der Waals surface area contributed by atoms with Crippen LogP contribution in [-0.4, -0.2) is 29.8 Å². The molecule has 5 nitrogen and oxygen atoms in total. The maximum absolute atomic E-state index is 5.36. The van der Waals surface area contributed by atoms with Crippen molar-refractivity contribution in [3.05, 3.63) is 30.2 Å². The van der Waals surface area contributed by atoms with E-state index in [0.29, 0.717) is 17.8 Å². The molecule has 0 saturated heterocycles. The summed E-state index contributed by atoms with van der Waals surface area (Å²) in [6.07, 6.45) is 2.93. The van der Waals surface area contributed by atoms with Gasteiger partial charge in [-0.1, -0.05) is 19.0 Å². The second-order valence-corrected chi connectivity index (χ2v) is 5.00. The molecule has 1 unspecified atom stereocenters. The van der Waals surface area contributed by atoms with E-state index in [1.807, 2.05) is 24.3 Å². The first-order valence-electron chi connectivity index (χ1n) is 7.47. The van der Waals surface area contributed by atoms with Crippen LogP contribution >= 0.6 is 0 Å². The first-order chi connectivity index (χ1) is 10.3. The molecule has 0 spiro atoms. The van der Waals surface area contributed by atoms with Crippen LogP contribution in [0.5, 0.6) is 5.75 Å². The van der Waals surface area contributed by atoms with Gasteiger partial charge in [-0.3, -0.25) is 0 Å². The largest absolute Gasteiger partial charge is 0.497 e. The maximum atomic E-state index is 5.36. The molecule has 0 aliphatic heterocycles. The Bertz CT molecular complexity index is 537. The van der Waals surface area contributed by atoms with Crippen molar-refractivity contribution >= 4 is 0 Å². The molecular formula is C16H23N3O2. The second-order valence-electron chi connectivity index (χ2n) is 5.00. The summed E-state index contributed by atoms with van der Waals surface area (Å²) in [6, 6.07) is 8.03. The van der Waals surface area contributed by atoms with E-state index in [1.54, 1.807) is 7.11 Å². The first kappa shape index (κ1) is 15.5. The van der Waals surface area contributed by atoms with Gasteiger partial charge in [0.25, 0.3) is 0 Å². The van der Waals surface area contributed by atoms with Gasteiger partial charge in [0, 0.05) is 18.0 Å². The number of hydrogen-bond acceptors (Lipinski definition) is 5. The van der Waals surface area contributed by atoms with Gasteiger partial charge in [0.1, 0.15) is 5.75 Å². The number of ether oxygens (including phenoxy) is 1. The fraction of sp³-hybridized carbons (Fsp3) is 0.500. The third-order valence-corrected chi connectivity index (χ3v) is 3.41. The number of methoxy groups -OCH3 is 1. The minimum absolute atomic E-state index is 0.383. The predicted octanol–water partition coefficient (Wildman–Crippen LogP) is 3.07. The third-order valence-electron chi connectivity index (χ3n) is 3.41. The van der Waals surface area contributed by atoms with Gasteiger partial charge in [0.05, 0.1) is 7.11 Å².